The standard InChI is InChI=1S/C20H24N2O2S/c23-20(22-10-4-7-15-5-1-2-9-19(15)22)16-6-3-8-18(11-16)24-12-17-13-25-14-21-17/h3,6,8,11,13-15,19H,1-2,4-5,7,9-10,12H2. The summed E-state index contributed by atoms with van der Waals surface area (Å²) in [5, 5.41) is 1.98. The highest BCUT2D eigenvalue weighted by molar-refractivity contribution is 7.07. The number of likely N-dealkylation sites (tertiary alicyclic amines) is 1. The van der Waals surface area contributed by atoms with Crippen molar-refractivity contribution in [2.75, 3.05) is 6.54 Å². The Morgan fingerprint density at radius 3 is 3.00 bits per heavy atom. The molecule has 2 atom stereocenters. The van der Waals surface area contributed by atoms with Gasteiger partial charge in [0.2, 0.25) is 0 Å². The molecule has 0 radical (unpaired) electrons. The Hall–Kier alpha value is -1.88. The number of aromatic nitrogens is 1. The maximum Gasteiger partial charge on any atom is 0.254 e. The summed E-state index contributed by atoms with van der Waals surface area (Å²) in [5.41, 5.74) is 3.46. The van der Waals surface area contributed by atoms with Crippen LogP contribution in [-0.4, -0.2) is 28.4 Å². The third-order valence-electron chi connectivity index (χ3n) is 5.46. The number of carbonyl (C=O) groups is 1. The van der Waals surface area contributed by atoms with Gasteiger partial charge in [-0.15, -0.1) is 11.3 Å². The lowest BCUT2D eigenvalue weighted by Crippen LogP contribution is -2.49. The first kappa shape index (κ1) is 16.6. The number of nitrogens with zero attached hydrogens (tertiary/aromatic N) is 2. The number of hydrogen-bond donors (Lipinski definition) is 0. The van der Waals surface area contributed by atoms with E-state index in [9.17, 15) is 4.79 Å². The molecule has 2 heterocycles. The third kappa shape index (κ3) is 3.71. The van der Waals surface area contributed by atoms with E-state index in [1.165, 1.54) is 25.7 Å². The molecule has 0 bridgehead atoms. The van der Waals surface area contributed by atoms with Crippen molar-refractivity contribution >= 4 is 17.2 Å². The lowest BCUT2D eigenvalue weighted by atomic mass is 9.78. The fraction of sp³-hybridized carbons (Fsp3) is 0.500. The Morgan fingerprint density at radius 2 is 2.12 bits per heavy atom. The van der Waals surface area contributed by atoms with E-state index in [0.717, 1.165) is 36.4 Å². The Bertz CT molecular complexity index is 714. The van der Waals surface area contributed by atoms with Gasteiger partial charge in [-0.2, -0.15) is 0 Å². The van der Waals surface area contributed by atoms with E-state index in [1.54, 1.807) is 16.8 Å². The van der Waals surface area contributed by atoms with Gasteiger partial charge in [-0.25, -0.2) is 4.98 Å². The van der Waals surface area contributed by atoms with Crippen LogP contribution in [0.3, 0.4) is 0 Å². The number of rotatable bonds is 4. The second kappa shape index (κ2) is 7.56. The number of hydrogen-bond acceptors (Lipinski definition) is 4. The Morgan fingerprint density at radius 1 is 1.24 bits per heavy atom. The van der Waals surface area contributed by atoms with Gasteiger partial charge in [0.15, 0.2) is 0 Å². The molecule has 25 heavy (non-hydrogen) atoms. The van der Waals surface area contributed by atoms with Crippen LogP contribution in [0.5, 0.6) is 5.75 Å². The SMILES string of the molecule is O=C(c1cccc(OCc2cscn2)c1)N1CCCC2CCCCC21. The van der Waals surface area contributed by atoms with Gasteiger partial charge in [0.05, 0.1) is 11.2 Å². The largest absolute Gasteiger partial charge is 0.487 e. The monoisotopic (exact) mass is 356 g/mol. The minimum absolute atomic E-state index is 0.163. The van der Waals surface area contributed by atoms with Gasteiger partial charge in [0.1, 0.15) is 12.4 Å². The molecule has 1 saturated heterocycles. The lowest BCUT2D eigenvalue weighted by Gasteiger charge is -2.44. The van der Waals surface area contributed by atoms with Crippen LogP contribution in [0, 0.1) is 5.92 Å². The quantitative estimate of drug-likeness (QED) is 0.809. The average molecular weight is 356 g/mol. The minimum atomic E-state index is 0.163. The van der Waals surface area contributed by atoms with E-state index in [-0.39, 0.29) is 5.91 Å². The van der Waals surface area contributed by atoms with Gasteiger partial charge in [-0.1, -0.05) is 18.9 Å². The fourth-order valence-electron chi connectivity index (χ4n) is 4.23. The molecule has 0 N–H and O–H groups in total. The molecule has 1 aliphatic carbocycles. The predicted molar refractivity (Wildman–Crippen MR) is 98.9 cm³/mol. The van der Waals surface area contributed by atoms with Crippen LogP contribution in [0.2, 0.25) is 0 Å². The second-order valence-corrected chi connectivity index (χ2v) is 7.77. The van der Waals surface area contributed by atoms with E-state index < -0.39 is 0 Å². The summed E-state index contributed by atoms with van der Waals surface area (Å²) < 4.78 is 5.81. The molecule has 5 heteroatoms. The molecule has 1 aliphatic heterocycles. The van der Waals surface area contributed by atoms with Crippen LogP contribution in [0.15, 0.2) is 35.2 Å². The number of thiazole rings is 1. The van der Waals surface area contributed by atoms with E-state index >= 15 is 0 Å². The highest BCUT2D eigenvalue weighted by Crippen LogP contribution is 2.36. The molecule has 4 rings (SSSR count). The number of benzene rings is 1. The minimum Gasteiger partial charge on any atom is -0.487 e. The Kier molecular flexibility index (Phi) is 5.02. The first-order chi connectivity index (χ1) is 12.3. The molecule has 1 amide bonds. The maximum atomic E-state index is 13.1. The van der Waals surface area contributed by atoms with Crippen LogP contribution in [0.25, 0.3) is 0 Å². The molecule has 1 aromatic carbocycles. The molecular weight excluding hydrogens is 332 g/mol. The number of piperidine rings is 1. The first-order valence-electron chi connectivity index (χ1n) is 9.22. The van der Waals surface area contributed by atoms with E-state index in [4.69, 9.17) is 4.74 Å². The number of fused-ring (bicyclic) bond motifs is 1. The summed E-state index contributed by atoms with van der Waals surface area (Å²) >= 11 is 1.56. The van der Waals surface area contributed by atoms with E-state index in [0.29, 0.717) is 18.6 Å². The Labute approximate surface area is 152 Å². The molecule has 1 aromatic heterocycles. The molecule has 2 unspecified atom stereocenters. The highest BCUT2D eigenvalue weighted by Gasteiger charge is 2.35. The van der Waals surface area contributed by atoms with Gasteiger partial charge in [0, 0.05) is 23.5 Å². The predicted octanol–water partition coefficient (Wildman–Crippen LogP) is 4.52. The summed E-state index contributed by atoms with van der Waals surface area (Å²) in [7, 11) is 0. The zero-order chi connectivity index (χ0) is 17.1. The van der Waals surface area contributed by atoms with Crippen molar-refractivity contribution in [2.45, 2.75) is 51.2 Å². The molecule has 1 saturated carbocycles. The topological polar surface area (TPSA) is 42.4 Å². The van der Waals surface area contributed by atoms with Gasteiger partial charge < -0.3 is 9.64 Å². The summed E-state index contributed by atoms with van der Waals surface area (Å²) in [4.78, 5) is 19.5. The second-order valence-electron chi connectivity index (χ2n) is 7.05. The molecule has 2 aliphatic rings. The van der Waals surface area contributed by atoms with Crippen molar-refractivity contribution < 1.29 is 9.53 Å². The van der Waals surface area contributed by atoms with Gasteiger partial charge in [-0.05, 0) is 49.8 Å². The van der Waals surface area contributed by atoms with Crippen molar-refractivity contribution in [3.63, 3.8) is 0 Å². The number of amides is 1. The van der Waals surface area contributed by atoms with E-state index in [2.05, 4.69) is 9.88 Å². The molecule has 4 nitrogen and oxygen atoms in total. The summed E-state index contributed by atoms with van der Waals surface area (Å²) in [6.45, 7) is 1.33. The van der Waals surface area contributed by atoms with Gasteiger partial charge >= 0.3 is 0 Å². The van der Waals surface area contributed by atoms with Gasteiger partial charge in [-0.3, -0.25) is 4.79 Å². The fourth-order valence-corrected chi connectivity index (χ4v) is 4.77. The lowest BCUT2D eigenvalue weighted by molar-refractivity contribution is 0.0390. The summed E-state index contributed by atoms with van der Waals surface area (Å²) in [6, 6.07) is 8.04. The average Bonchev–Trinajstić information content (AvgIpc) is 3.19. The van der Waals surface area contributed by atoms with Crippen molar-refractivity contribution in [1.82, 2.24) is 9.88 Å². The molecule has 2 aromatic rings. The molecule has 0 spiro atoms. The van der Waals surface area contributed by atoms with Crippen LogP contribution in [0.1, 0.15) is 54.6 Å². The zero-order valence-electron chi connectivity index (χ0n) is 14.4. The third-order valence-corrected chi connectivity index (χ3v) is 6.09. The summed E-state index contributed by atoms with van der Waals surface area (Å²) in [5.74, 6) is 1.60. The highest BCUT2D eigenvalue weighted by atomic mass is 32.1. The first-order valence-corrected chi connectivity index (χ1v) is 10.2. The van der Waals surface area contributed by atoms with E-state index in [1.807, 2.05) is 29.6 Å². The van der Waals surface area contributed by atoms with Crippen LogP contribution in [-0.2, 0) is 6.61 Å². The van der Waals surface area contributed by atoms with Gasteiger partial charge in [0.25, 0.3) is 5.91 Å². The maximum absolute atomic E-state index is 13.1. The van der Waals surface area contributed by atoms with Crippen LogP contribution in [0.4, 0.5) is 0 Å². The van der Waals surface area contributed by atoms with Crippen molar-refractivity contribution in [2.24, 2.45) is 5.92 Å². The molecule has 2 fully saturated rings. The smallest absolute Gasteiger partial charge is 0.254 e. The van der Waals surface area contributed by atoms with Crippen molar-refractivity contribution in [3.8, 4) is 5.75 Å². The van der Waals surface area contributed by atoms with Crippen molar-refractivity contribution in [1.29, 1.82) is 0 Å². The number of ether oxygens (including phenoxy) is 1. The normalized spacial score (nSPS) is 23.1. The van der Waals surface area contributed by atoms with Crippen LogP contribution >= 0.6 is 11.3 Å². The summed E-state index contributed by atoms with van der Waals surface area (Å²) in [6.07, 6.45) is 7.44. The Balaban J connectivity index is 1.46. The zero-order valence-corrected chi connectivity index (χ0v) is 15.2. The van der Waals surface area contributed by atoms with Crippen molar-refractivity contribution in [3.05, 3.63) is 46.4 Å². The van der Waals surface area contributed by atoms with Crippen LogP contribution < -0.4 is 4.74 Å². The molecular formula is C20H24N2O2S. The number of carbonyl (C=O) groups excluding carboxylic acids is 1. The molecule has 132 valence electrons.